The molecule has 6 atom stereocenters. The number of hydrogen-bond acceptors (Lipinski definition) is 6. The Hall–Kier alpha value is -3.28. The molecule has 2 amide bonds. The van der Waals surface area contributed by atoms with Crippen molar-refractivity contribution in [3.63, 3.8) is 0 Å². The van der Waals surface area contributed by atoms with Gasteiger partial charge in [0.25, 0.3) is 5.91 Å². The van der Waals surface area contributed by atoms with Gasteiger partial charge in [-0.2, -0.15) is 5.26 Å². The van der Waals surface area contributed by atoms with Crippen LogP contribution >= 0.6 is 0 Å². The zero-order chi connectivity index (χ0) is 27.7. The number of amides is 2. The summed E-state index contributed by atoms with van der Waals surface area (Å²) in [5.74, 6) is 1.09. The predicted molar refractivity (Wildman–Crippen MR) is 140 cm³/mol. The molecule has 0 saturated heterocycles. The van der Waals surface area contributed by atoms with Crippen molar-refractivity contribution < 1.29 is 29.0 Å². The molecular formula is C30H37N3O6. The minimum Gasteiger partial charge on any atom is -0.496 e. The first-order chi connectivity index (χ1) is 18.6. The van der Waals surface area contributed by atoms with E-state index in [1.807, 2.05) is 0 Å². The molecule has 6 aliphatic rings. The summed E-state index contributed by atoms with van der Waals surface area (Å²) in [5.41, 5.74) is -0.0626. The molecule has 6 fully saturated rings. The predicted octanol–water partition coefficient (Wildman–Crippen LogP) is 3.51. The summed E-state index contributed by atoms with van der Waals surface area (Å²) in [6.07, 6.45) is 5.29. The van der Waals surface area contributed by atoms with Crippen LogP contribution in [0.25, 0.3) is 0 Å². The zero-order valence-corrected chi connectivity index (χ0v) is 22.8. The maximum Gasteiger partial charge on any atom is 0.309 e. The minimum atomic E-state index is -0.807. The molecule has 4 unspecified atom stereocenters. The van der Waals surface area contributed by atoms with Crippen LogP contribution in [0.3, 0.4) is 0 Å². The molecule has 9 nitrogen and oxygen atoms in total. The second kappa shape index (κ2) is 9.14. The molecule has 9 heteroatoms. The van der Waals surface area contributed by atoms with Crippen molar-refractivity contribution in [2.75, 3.05) is 13.7 Å². The first-order valence-electron chi connectivity index (χ1n) is 14.2. The molecule has 0 radical (unpaired) electrons. The molecule has 0 aliphatic heterocycles. The van der Waals surface area contributed by atoms with Crippen molar-refractivity contribution in [1.29, 1.82) is 5.26 Å². The van der Waals surface area contributed by atoms with E-state index in [1.54, 1.807) is 13.0 Å². The van der Waals surface area contributed by atoms with E-state index in [2.05, 4.69) is 23.6 Å². The van der Waals surface area contributed by atoms with Crippen molar-refractivity contribution in [2.45, 2.75) is 70.9 Å². The van der Waals surface area contributed by atoms with Crippen LogP contribution in [-0.2, 0) is 9.59 Å². The second-order valence-electron chi connectivity index (χ2n) is 13.1. The quantitative estimate of drug-likeness (QED) is 0.440. The lowest BCUT2D eigenvalue weighted by Gasteiger charge is -2.38. The standard InChI is InChI=1S/C30H37N3O6/c1-29(7-4-8-29)14-32-27(35)24-22-20-21(22)23(20)25(24)33-26(34)17-12-18(15(13-31)11-19(17)38-3)39-16-5-9-30(2,10-6-16)28(36)37/h11-12,16,20-25H,4-10,14H2,1-3H3,(H,32,35)(H,33,34)(H,36,37)/t16?,20-,21?,22?,23?,24+,25?,30?/m1/s1. The van der Waals surface area contributed by atoms with Gasteiger partial charge in [-0.05, 0) is 80.6 Å². The van der Waals surface area contributed by atoms with Gasteiger partial charge in [0, 0.05) is 18.7 Å². The van der Waals surface area contributed by atoms with Crippen LogP contribution in [-0.4, -0.2) is 48.7 Å². The Morgan fingerprint density at radius 3 is 2.31 bits per heavy atom. The van der Waals surface area contributed by atoms with E-state index in [-0.39, 0.29) is 57.9 Å². The maximum atomic E-state index is 13.6. The zero-order valence-electron chi connectivity index (χ0n) is 22.8. The highest BCUT2D eigenvalue weighted by molar-refractivity contribution is 5.98. The molecule has 1 aromatic rings. The largest absolute Gasteiger partial charge is 0.496 e. The average molecular weight is 536 g/mol. The Morgan fingerprint density at radius 1 is 1.05 bits per heavy atom. The second-order valence-corrected chi connectivity index (χ2v) is 13.1. The number of ether oxygens (including phenoxy) is 2. The number of carbonyl (C=O) groups excluding carboxylic acids is 2. The Kier molecular flexibility index (Phi) is 6.09. The van der Waals surface area contributed by atoms with E-state index in [0.717, 1.165) is 12.8 Å². The lowest BCUT2D eigenvalue weighted by molar-refractivity contribution is -0.150. The smallest absolute Gasteiger partial charge is 0.309 e. The SMILES string of the molecule is COc1cc(C#N)c(OC2CCC(C)(C(=O)O)CC2)cc1C(=O)NC1C2C3C([C@@H]1C(=O)NCC1(C)CCC1)[C@H]23. The van der Waals surface area contributed by atoms with Gasteiger partial charge in [-0.15, -0.1) is 0 Å². The number of hydrogen-bond donors (Lipinski definition) is 3. The lowest BCUT2D eigenvalue weighted by atomic mass is 9.70. The molecule has 0 aromatic heterocycles. The van der Waals surface area contributed by atoms with E-state index >= 15 is 0 Å². The topological polar surface area (TPSA) is 138 Å². The highest BCUT2D eigenvalue weighted by Gasteiger charge is 2.85. The molecule has 0 heterocycles. The number of fused-ring (bicyclic) bond motifs is 1. The van der Waals surface area contributed by atoms with Gasteiger partial charge >= 0.3 is 5.97 Å². The summed E-state index contributed by atoms with van der Waals surface area (Å²) in [6.45, 7) is 4.65. The number of methoxy groups -OCH3 is 1. The van der Waals surface area contributed by atoms with E-state index in [1.165, 1.54) is 19.6 Å². The number of nitrogens with one attached hydrogen (secondary N) is 2. The Bertz CT molecular complexity index is 1250. The number of nitrogens with zero attached hydrogens (tertiary/aromatic N) is 1. The van der Waals surface area contributed by atoms with Crippen molar-refractivity contribution in [3.05, 3.63) is 23.3 Å². The van der Waals surface area contributed by atoms with Crippen LogP contribution in [0.1, 0.15) is 74.7 Å². The summed E-state index contributed by atoms with van der Waals surface area (Å²) in [7, 11) is 1.45. The van der Waals surface area contributed by atoms with Crippen LogP contribution in [0.15, 0.2) is 12.1 Å². The minimum absolute atomic E-state index is 0.0485. The number of carbonyl (C=O) groups is 3. The third kappa shape index (κ3) is 4.32. The van der Waals surface area contributed by atoms with Crippen LogP contribution in [0, 0.1) is 51.8 Å². The molecular weight excluding hydrogens is 498 g/mol. The molecule has 2 bridgehead atoms. The highest BCUT2D eigenvalue weighted by atomic mass is 16.5. The summed E-state index contributed by atoms with van der Waals surface area (Å²) >= 11 is 0. The average Bonchev–Trinajstić information content (AvgIpc) is 3.75. The fourth-order valence-electron chi connectivity index (χ4n) is 7.53. The Balaban J connectivity index is 1.16. The number of aliphatic carboxylic acids is 1. The van der Waals surface area contributed by atoms with E-state index in [9.17, 15) is 24.8 Å². The fourth-order valence-corrected chi connectivity index (χ4v) is 7.53. The number of carboxylic acid groups (broad SMARTS) is 1. The fraction of sp³-hybridized carbons (Fsp3) is 0.667. The first-order valence-corrected chi connectivity index (χ1v) is 14.2. The van der Waals surface area contributed by atoms with Gasteiger partial charge in [0.15, 0.2) is 0 Å². The van der Waals surface area contributed by atoms with Crippen molar-refractivity contribution in [2.24, 2.45) is 40.4 Å². The van der Waals surface area contributed by atoms with Gasteiger partial charge in [0.1, 0.15) is 17.6 Å². The molecule has 1 aromatic carbocycles. The number of benzene rings is 1. The van der Waals surface area contributed by atoms with Crippen LogP contribution in [0.2, 0.25) is 0 Å². The number of rotatable bonds is 9. The molecule has 6 saturated carbocycles. The molecule has 3 N–H and O–H groups in total. The monoisotopic (exact) mass is 535 g/mol. The lowest BCUT2D eigenvalue weighted by Crippen LogP contribution is -2.47. The number of carboxylic acids is 1. The summed E-state index contributed by atoms with van der Waals surface area (Å²) in [6, 6.07) is 4.98. The van der Waals surface area contributed by atoms with Gasteiger partial charge < -0.3 is 25.2 Å². The molecule has 0 spiro atoms. The van der Waals surface area contributed by atoms with Gasteiger partial charge in [-0.3, -0.25) is 14.4 Å². The normalized spacial score (nSPS) is 36.4. The third-order valence-corrected chi connectivity index (χ3v) is 10.5. The van der Waals surface area contributed by atoms with Crippen molar-refractivity contribution >= 4 is 17.8 Å². The maximum absolute atomic E-state index is 13.6. The van der Waals surface area contributed by atoms with Crippen molar-refractivity contribution in [3.8, 4) is 17.6 Å². The van der Waals surface area contributed by atoms with E-state index < -0.39 is 11.4 Å². The molecule has 6 aliphatic carbocycles. The highest BCUT2D eigenvalue weighted by Crippen LogP contribution is 2.83. The summed E-state index contributed by atoms with van der Waals surface area (Å²) < 4.78 is 11.6. The molecule has 208 valence electrons. The van der Waals surface area contributed by atoms with Gasteiger partial charge in [-0.1, -0.05) is 13.3 Å². The van der Waals surface area contributed by atoms with E-state index in [4.69, 9.17) is 9.47 Å². The van der Waals surface area contributed by atoms with Gasteiger partial charge in [0.05, 0.1) is 35.7 Å². The summed E-state index contributed by atoms with van der Waals surface area (Å²) in [5, 5.41) is 25.6. The van der Waals surface area contributed by atoms with Crippen LogP contribution < -0.4 is 20.1 Å². The summed E-state index contributed by atoms with van der Waals surface area (Å²) in [4.78, 5) is 38.4. The van der Waals surface area contributed by atoms with E-state index in [0.29, 0.717) is 55.9 Å². The first kappa shape index (κ1) is 26.0. The number of nitriles is 1. The Morgan fingerprint density at radius 2 is 1.74 bits per heavy atom. The van der Waals surface area contributed by atoms with Crippen LogP contribution in [0.5, 0.6) is 11.5 Å². The Labute approximate surface area is 228 Å². The molecule has 39 heavy (non-hydrogen) atoms. The van der Waals surface area contributed by atoms with Crippen molar-refractivity contribution in [1.82, 2.24) is 10.6 Å². The van der Waals surface area contributed by atoms with Gasteiger partial charge in [-0.25, -0.2) is 0 Å². The van der Waals surface area contributed by atoms with Gasteiger partial charge in [0.2, 0.25) is 5.91 Å². The van der Waals surface area contributed by atoms with Crippen LogP contribution in [0.4, 0.5) is 0 Å². The molecule has 7 rings (SSSR count). The third-order valence-electron chi connectivity index (χ3n) is 10.5.